The first-order chi connectivity index (χ1) is 7.18. The fourth-order valence-corrected chi connectivity index (χ4v) is 2.46. The van der Waals surface area contributed by atoms with Gasteiger partial charge in [0.25, 0.3) is 5.91 Å². The van der Waals surface area contributed by atoms with Gasteiger partial charge < -0.3 is 9.32 Å². The van der Waals surface area contributed by atoms with Crippen LogP contribution in [0.2, 0.25) is 0 Å². The molecule has 1 aromatic heterocycles. The molecule has 0 N–H and O–H groups in total. The highest BCUT2D eigenvalue weighted by Gasteiger charge is 2.25. The van der Waals surface area contributed by atoms with Gasteiger partial charge in [0.05, 0.1) is 17.2 Å². The first-order valence-corrected chi connectivity index (χ1v) is 6.08. The molecule has 0 aromatic carbocycles. The largest absolute Gasteiger partial charge is 0.457 e. The van der Waals surface area contributed by atoms with E-state index in [9.17, 15) is 4.79 Å². The number of hydrogen-bond acceptors (Lipinski definition) is 2. The molecular weight excluding hydrogens is 281 g/mol. The van der Waals surface area contributed by atoms with Gasteiger partial charge in [0.1, 0.15) is 0 Å². The summed E-state index contributed by atoms with van der Waals surface area (Å²) in [5, 5.41) is 0.0772. The quantitative estimate of drug-likeness (QED) is 0.746. The standard InChI is InChI=1S/C10H11BrClNO2/c11-9-8(3-5-15-9)10(14)13-4-1-2-7(12)6-13/h3,5,7H,1-2,4,6H2. The maximum absolute atomic E-state index is 12.0. The van der Waals surface area contributed by atoms with Crippen molar-refractivity contribution < 1.29 is 9.21 Å². The van der Waals surface area contributed by atoms with Crippen LogP contribution in [0.15, 0.2) is 21.4 Å². The number of furan rings is 1. The number of piperidine rings is 1. The number of likely N-dealkylation sites (tertiary alicyclic amines) is 1. The second kappa shape index (κ2) is 4.58. The van der Waals surface area contributed by atoms with Gasteiger partial charge in [0.2, 0.25) is 0 Å². The Morgan fingerprint density at radius 1 is 1.67 bits per heavy atom. The molecule has 3 nitrogen and oxygen atoms in total. The Labute approximate surface area is 102 Å². The average Bonchev–Trinajstić information content (AvgIpc) is 2.63. The third-order valence-corrected chi connectivity index (χ3v) is 3.47. The second-order valence-corrected chi connectivity index (χ2v) is 4.94. The Kier molecular flexibility index (Phi) is 3.36. The first kappa shape index (κ1) is 11.0. The minimum atomic E-state index is -0.0130. The van der Waals surface area contributed by atoms with Crippen molar-refractivity contribution >= 4 is 33.4 Å². The van der Waals surface area contributed by atoms with Crippen LogP contribution in [-0.2, 0) is 0 Å². The lowest BCUT2D eigenvalue weighted by Gasteiger charge is -2.29. The number of halogens is 2. The predicted octanol–water partition coefficient (Wildman–Crippen LogP) is 2.89. The van der Waals surface area contributed by atoms with Crippen molar-refractivity contribution in [1.82, 2.24) is 4.90 Å². The number of carbonyl (C=O) groups excluding carboxylic acids is 1. The van der Waals surface area contributed by atoms with Crippen LogP contribution in [-0.4, -0.2) is 29.3 Å². The average molecular weight is 293 g/mol. The van der Waals surface area contributed by atoms with Crippen molar-refractivity contribution in [3.63, 3.8) is 0 Å². The summed E-state index contributed by atoms with van der Waals surface area (Å²) < 4.78 is 5.53. The van der Waals surface area contributed by atoms with Crippen LogP contribution in [0.1, 0.15) is 23.2 Å². The molecule has 0 aliphatic carbocycles. The monoisotopic (exact) mass is 291 g/mol. The highest BCUT2D eigenvalue weighted by Crippen LogP contribution is 2.22. The molecule has 1 fully saturated rings. The van der Waals surface area contributed by atoms with Crippen molar-refractivity contribution in [2.24, 2.45) is 0 Å². The van der Waals surface area contributed by atoms with Gasteiger partial charge in [-0.1, -0.05) is 0 Å². The van der Waals surface area contributed by atoms with E-state index >= 15 is 0 Å². The molecule has 5 heteroatoms. The van der Waals surface area contributed by atoms with Gasteiger partial charge in [-0.05, 0) is 34.8 Å². The lowest BCUT2D eigenvalue weighted by atomic mass is 10.1. The Morgan fingerprint density at radius 2 is 2.47 bits per heavy atom. The third-order valence-electron chi connectivity index (χ3n) is 2.50. The van der Waals surface area contributed by atoms with Crippen LogP contribution < -0.4 is 0 Å². The molecule has 1 saturated heterocycles. The molecule has 0 spiro atoms. The molecule has 2 rings (SSSR count). The van der Waals surface area contributed by atoms with E-state index in [4.69, 9.17) is 16.0 Å². The van der Waals surface area contributed by atoms with E-state index in [-0.39, 0.29) is 11.3 Å². The summed E-state index contributed by atoms with van der Waals surface area (Å²) in [6.07, 6.45) is 3.45. The van der Waals surface area contributed by atoms with Gasteiger partial charge in [0, 0.05) is 13.1 Å². The molecule has 1 aromatic rings. The van der Waals surface area contributed by atoms with E-state index in [1.54, 1.807) is 11.0 Å². The van der Waals surface area contributed by atoms with Crippen LogP contribution in [0.3, 0.4) is 0 Å². The zero-order valence-corrected chi connectivity index (χ0v) is 10.4. The van der Waals surface area contributed by atoms with Crippen LogP contribution in [0, 0.1) is 0 Å². The predicted molar refractivity (Wildman–Crippen MR) is 61.2 cm³/mol. The number of carbonyl (C=O) groups is 1. The Hall–Kier alpha value is -0.480. The summed E-state index contributed by atoms with van der Waals surface area (Å²) >= 11 is 9.23. The molecule has 0 saturated carbocycles. The summed E-state index contributed by atoms with van der Waals surface area (Å²) in [7, 11) is 0. The van der Waals surface area contributed by atoms with Crippen LogP contribution >= 0.6 is 27.5 Å². The van der Waals surface area contributed by atoms with Gasteiger partial charge in [0.15, 0.2) is 4.67 Å². The lowest BCUT2D eigenvalue weighted by molar-refractivity contribution is 0.0725. The van der Waals surface area contributed by atoms with Crippen molar-refractivity contribution in [2.45, 2.75) is 18.2 Å². The summed E-state index contributed by atoms with van der Waals surface area (Å²) in [5.74, 6) is -0.0130. The molecule has 2 heterocycles. The van der Waals surface area contributed by atoms with Crippen molar-refractivity contribution in [3.05, 3.63) is 22.6 Å². The van der Waals surface area contributed by atoms with Crippen LogP contribution in [0.25, 0.3) is 0 Å². The number of nitrogens with zero attached hydrogens (tertiary/aromatic N) is 1. The fourth-order valence-electron chi connectivity index (χ4n) is 1.73. The van der Waals surface area contributed by atoms with Gasteiger partial charge in [-0.15, -0.1) is 11.6 Å². The second-order valence-electron chi connectivity index (χ2n) is 3.60. The van der Waals surface area contributed by atoms with Crippen molar-refractivity contribution in [3.8, 4) is 0 Å². The maximum atomic E-state index is 12.0. The summed E-state index contributed by atoms with van der Waals surface area (Å²) in [5.41, 5.74) is 0.570. The van der Waals surface area contributed by atoms with Crippen LogP contribution in [0.5, 0.6) is 0 Å². The van der Waals surface area contributed by atoms with E-state index in [1.165, 1.54) is 6.26 Å². The number of hydrogen-bond donors (Lipinski definition) is 0. The number of rotatable bonds is 1. The van der Waals surface area contributed by atoms with Gasteiger partial charge in [-0.3, -0.25) is 4.79 Å². The zero-order chi connectivity index (χ0) is 10.8. The molecule has 82 valence electrons. The van der Waals surface area contributed by atoms with Gasteiger partial charge in [-0.2, -0.15) is 0 Å². The van der Waals surface area contributed by atoms with E-state index in [1.807, 2.05) is 0 Å². The topological polar surface area (TPSA) is 33.5 Å². The summed E-state index contributed by atoms with van der Waals surface area (Å²) in [6.45, 7) is 1.40. The molecule has 15 heavy (non-hydrogen) atoms. The normalized spacial score (nSPS) is 21.7. The van der Waals surface area contributed by atoms with Crippen LogP contribution in [0.4, 0.5) is 0 Å². The van der Waals surface area contributed by atoms with E-state index in [0.29, 0.717) is 16.8 Å². The molecule has 0 radical (unpaired) electrons. The highest BCUT2D eigenvalue weighted by molar-refractivity contribution is 9.10. The minimum Gasteiger partial charge on any atom is -0.457 e. The minimum absolute atomic E-state index is 0.0130. The number of alkyl halides is 1. The summed E-state index contributed by atoms with van der Waals surface area (Å²) in [4.78, 5) is 13.8. The van der Waals surface area contributed by atoms with E-state index < -0.39 is 0 Å². The lowest BCUT2D eigenvalue weighted by Crippen LogP contribution is -2.40. The Balaban J connectivity index is 2.11. The molecule has 0 bridgehead atoms. The molecule has 1 unspecified atom stereocenters. The zero-order valence-electron chi connectivity index (χ0n) is 8.08. The van der Waals surface area contributed by atoms with Crippen molar-refractivity contribution in [2.75, 3.05) is 13.1 Å². The third kappa shape index (κ3) is 2.37. The Morgan fingerprint density at radius 3 is 3.07 bits per heavy atom. The fraction of sp³-hybridized carbons (Fsp3) is 0.500. The van der Waals surface area contributed by atoms with E-state index in [0.717, 1.165) is 19.4 Å². The smallest absolute Gasteiger partial charge is 0.258 e. The maximum Gasteiger partial charge on any atom is 0.258 e. The number of amides is 1. The molecule has 1 aliphatic heterocycles. The SMILES string of the molecule is O=C(c1ccoc1Br)N1CCCC(Cl)C1. The Bertz CT molecular complexity index is 366. The van der Waals surface area contributed by atoms with Gasteiger partial charge >= 0.3 is 0 Å². The molecule has 1 amide bonds. The van der Waals surface area contributed by atoms with Gasteiger partial charge in [-0.25, -0.2) is 0 Å². The molecule has 1 aliphatic rings. The highest BCUT2D eigenvalue weighted by atomic mass is 79.9. The molecular formula is C10H11BrClNO2. The van der Waals surface area contributed by atoms with Crippen molar-refractivity contribution in [1.29, 1.82) is 0 Å². The first-order valence-electron chi connectivity index (χ1n) is 4.85. The molecule has 1 atom stereocenters. The van der Waals surface area contributed by atoms with E-state index in [2.05, 4.69) is 15.9 Å². The summed E-state index contributed by atoms with van der Waals surface area (Å²) in [6, 6.07) is 1.67.